The Morgan fingerprint density at radius 1 is 1.05 bits per heavy atom. The molecule has 20 heavy (non-hydrogen) atoms. The quantitative estimate of drug-likeness (QED) is 0.825. The van der Waals surface area contributed by atoms with E-state index in [9.17, 15) is 13.2 Å². The smallest absolute Gasteiger partial charge is 0.489 e. The first kappa shape index (κ1) is 14.6. The van der Waals surface area contributed by atoms with Crippen LogP contribution in [0.1, 0.15) is 5.56 Å². The van der Waals surface area contributed by atoms with Crippen molar-refractivity contribution in [2.45, 2.75) is 13.0 Å². The minimum absolute atomic E-state index is 0.270. The zero-order valence-corrected chi connectivity index (χ0v) is 11.6. The van der Waals surface area contributed by atoms with Gasteiger partial charge in [0.25, 0.3) is 0 Å². The van der Waals surface area contributed by atoms with Crippen molar-refractivity contribution in [3.05, 3.63) is 52.8 Å². The van der Waals surface area contributed by atoms with E-state index < -0.39 is 6.36 Å². The summed E-state index contributed by atoms with van der Waals surface area (Å²) in [5.74, 6) is 0.161. The Morgan fingerprint density at radius 2 is 1.70 bits per heavy atom. The van der Waals surface area contributed by atoms with Crippen LogP contribution in [0.2, 0.25) is 0 Å². The summed E-state index contributed by atoms with van der Waals surface area (Å²) in [7, 11) is 0. The topological polar surface area (TPSA) is 31.4 Å². The average molecular weight is 348 g/mol. The van der Waals surface area contributed by atoms with Gasteiger partial charge in [-0.25, -0.2) is 0 Å². The lowest BCUT2D eigenvalue weighted by Gasteiger charge is -2.10. The Balaban J connectivity index is 1.94. The van der Waals surface area contributed by atoms with Gasteiger partial charge in [-0.15, -0.1) is 13.2 Å². The minimum atomic E-state index is -4.69. The molecule has 1 heterocycles. The van der Waals surface area contributed by atoms with E-state index in [0.29, 0.717) is 5.75 Å². The van der Waals surface area contributed by atoms with Crippen LogP contribution in [0.5, 0.6) is 11.5 Å². The molecule has 1 aromatic heterocycles. The number of halogens is 4. The molecule has 0 saturated heterocycles. The molecule has 2 aromatic rings. The molecule has 0 atom stereocenters. The van der Waals surface area contributed by atoms with E-state index in [4.69, 9.17) is 4.74 Å². The van der Waals surface area contributed by atoms with E-state index in [1.807, 2.05) is 6.07 Å². The van der Waals surface area contributed by atoms with Gasteiger partial charge in [0.1, 0.15) is 18.1 Å². The van der Waals surface area contributed by atoms with Gasteiger partial charge in [-0.1, -0.05) is 0 Å². The number of nitrogens with zero attached hydrogens (tertiary/aromatic N) is 1. The molecule has 3 nitrogen and oxygen atoms in total. The van der Waals surface area contributed by atoms with Crippen molar-refractivity contribution < 1.29 is 22.6 Å². The Hall–Kier alpha value is -1.76. The van der Waals surface area contributed by atoms with Crippen molar-refractivity contribution in [1.82, 2.24) is 4.98 Å². The van der Waals surface area contributed by atoms with E-state index in [0.717, 1.165) is 10.0 Å². The molecule has 7 heteroatoms. The number of hydrogen-bond donors (Lipinski definition) is 0. The number of hydrogen-bond acceptors (Lipinski definition) is 3. The Morgan fingerprint density at radius 3 is 2.30 bits per heavy atom. The monoisotopic (exact) mass is 347 g/mol. The van der Waals surface area contributed by atoms with Crippen molar-refractivity contribution in [2.24, 2.45) is 0 Å². The molecule has 1 aromatic carbocycles. The van der Waals surface area contributed by atoms with Gasteiger partial charge in [-0.3, -0.25) is 4.98 Å². The second-order valence-corrected chi connectivity index (χ2v) is 4.73. The van der Waals surface area contributed by atoms with Gasteiger partial charge >= 0.3 is 6.36 Å². The third-order valence-electron chi connectivity index (χ3n) is 2.22. The number of ether oxygens (including phenoxy) is 2. The molecule has 0 fully saturated rings. The maximum absolute atomic E-state index is 12.0. The summed E-state index contributed by atoms with van der Waals surface area (Å²) in [6.45, 7) is 0.270. The predicted octanol–water partition coefficient (Wildman–Crippen LogP) is 4.32. The first-order valence-corrected chi connectivity index (χ1v) is 6.30. The van der Waals surface area contributed by atoms with Crippen LogP contribution in [0.15, 0.2) is 47.2 Å². The highest BCUT2D eigenvalue weighted by Gasteiger charge is 2.30. The number of pyridine rings is 1. The molecule has 0 N–H and O–H groups in total. The summed E-state index contributed by atoms with van der Waals surface area (Å²) in [4.78, 5) is 3.98. The van der Waals surface area contributed by atoms with Crippen LogP contribution in [-0.4, -0.2) is 11.3 Å². The standard InChI is InChI=1S/C13H9BrF3NO2/c14-10-5-9(6-18-7-10)8-19-11-1-3-12(4-2-11)20-13(15,16)17/h1-7H,8H2. The van der Waals surface area contributed by atoms with Crippen LogP contribution in [0.25, 0.3) is 0 Å². The van der Waals surface area contributed by atoms with Gasteiger partial charge in [-0.2, -0.15) is 0 Å². The highest BCUT2D eigenvalue weighted by molar-refractivity contribution is 9.10. The number of alkyl halides is 3. The summed E-state index contributed by atoms with van der Waals surface area (Å²) in [6, 6.07) is 7.05. The highest BCUT2D eigenvalue weighted by atomic mass is 79.9. The molecule has 0 bridgehead atoms. The van der Waals surface area contributed by atoms with E-state index in [1.54, 1.807) is 12.4 Å². The fourth-order valence-corrected chi connectivity index (χ4v) is 1.85. The molecule has 0 saturated carbocycles. The molecule has 0 aliphatic carbocycles. The molecular formula is C13H9BrF3NO2. The zero-order valence-electron chi connectivity index (χ0n) is 10.0. The Bertz CT molecular complexity index is 573. The second-order valence-electron chi connectivity index (χ2n) is 3.82. The van der Waals surface area contributed by atoms with Crippen LogP contribution < -0.4 is 9.47 Å². The maximum atomic E-state index is 12.0. The van der Waals surface area contributed by atoms with Crippen LogP contribution in [0.4, 0.5) is 13.2 Å². The SMILES string of the molecule is FC(F)(F)Oc1ccc(OCc2cncc(Br)c2)cc1. The van der Waals surface area contributed by atoms with Crippen LogP contribution >= 0.6 is 15.9 Å². The number of aromatic nitrogens is 1. The molecule has 0 aliphatic rings. The third-order valence-corrected chi connectivity index (χ3v) is 2.66. The Labute approximate surface area is 121 Å². The lowest BCUT2D eigenvalue weighted by molar-refractivity contribution is -0.274. The molecule has 0 spiro atoms. The van der Waals surface area contributed by atoms with E-state index in [1.165, 1.54) is 24.3 Å². The normalized spacial score (nSPS) is 11.2. The molecule has 0 unspecified atom stereocenters. The summed E-state index contributed by atoms with van der Waals surface area (Å²) in [5.41, 5.74) is 0.843. The average Bonchev–Trinajstić information content (AvgIpc) is 2.36. The summed E-state index contributed by atoms with van der Waals surface area (Å²) in [5, 5.41) is 0. The maximum Gasteiger partial charge on any atom is 0.573 e. The first-order chi connectivity index (χ1) is 9.42. The summed E-state index contributed by atoms with van der Waals surface area (Å²) < 4.78 is 46.0. The van der Waals surface area contributed by atoms with Crippen LogP contribution in [0.3, 0.4) is 0 Å². The minimum Gasteiger partial charge on any atom is -0.489 e. The van der Waals surface area contributed by atoms with Gasteiger partial charge in [0.05, 0.1) is 0 Å². The zero-order chi connectivity index (χ0) is 14.6. The summed E-state index contributed by atoms with van der Waals surface area (Å²) in [6.07, 6.45) is -1.40. The Kier molecular flexibility index (Phi) is 4.49. The molecular weight excluding hydrogens is 339 g/mol. The number of rotatable bonds is 4. The van der Waals surface area contributed by atoms with Crippen molar-refractivity contribution in [3.63, 3.8) is 0 Å². The lowest BCUT2D eigenvalue weighted by atomic mass is 10.3. The van der Waals surface area contributed by atoms with E-state index in [2.05, 4.69) is 25.7 Å². The van der Waals surface area contributed by atoms with Gasteiger partial charge in [-0.05, 0) is 46.3 Å². The summed E-state index contributed by atoms with van der Waals surface area (Å²) >= 11 is 3.28. The van der Waals surface area contributed by atoms with Gasteiger partial charge in [0.2, 0.25) is 0 Å². The lowest BCUT2D eigenvalue weighted by Crippen LogP contribution is -2.16. The van der Waals surface area contributed by atoms with Gasteiger partial charge < -0.3 is 9.47 Å². The van der Waals surface area contributed by atoms with Crippen molar-refractivity contribution in [2.75, 3.05) is 0 Å². The fourth-order valence-electron chi connectivity index (χ4n) is 1.44. The molecule has 2 rings (SSSR count). The predicted molar refractivity (Wildman–Crippen MR) is 69.4 cm³/mol. The first-order valence-electron chi connectivity index (χ1n) is 5.50. The molecule has 0 aliphatic heterocycles. The van der Waals surface area contributed by atoms with Gasteiger partial charge in [0, 0.05) is 22.4 Å². The van der Waals surface area contributed by atoms with E-state index >= 15 is 0 Å². The molecule has 106 valence electrons. The molecule has 0 amide bonds. The van der Waals surface area contributed by atoms with Crippen LogP contribution in [-0.2, 0) is 6.61 Å². The fraction of sp³-hybridized carbons (Fsp3) is 0.154. The highest BCUT2D eigenvalue weighted by Crippen LogP contribution is 2.25. The van der Waals surface area contributed by atoms with Crippen molar-refractivity contribution in [1.29, 1.82) is 0 Å². The van der Waals surface area contributed by atoms with Crippen molar-refractivity contribution in [3.8, 4) is 11.5 Å². The van der Waals surface area contributed by atoms with Crippen LogP contribution in [0, 0.1) is 0 Å². The number of benzene rings is 1. The largest absolute Gasteiger partial charge is 0.573 e. The van der Waals surface area contributed by atoms with Gasteiger partial charge in [0.15, 0.2) is 0 Å². The van der Waals surface area contributed by atoms with Crippen molar-refractivity contribution >= 4 is 15.9 Å². The second kappa shape index (κ2) is 6.13. The molecule has 0 radical (unpaired) electrons. The third kappa shape index (κ3) is 4.73. The van der Waals surface area contributed by atoms with E-state index in [-0.39, 0.29) is 12.4 Å².